The van der Waals surface area contributed by atoms with Gasteiger partial charge < -0.3 is 10.1 Å². The Kier molecular flexibility index (Phi) is 4.90. The zero-order valence-corrected chi connectivity index (χ0v) is 9.94. The Morgan fingerprint density at radius 3 is 2.57 bits per heavy atom. The summed E-state index contributed by atoms with van der Waals surface area (Å²) >= 11 is 0. The number of nitrogens with one attached hydrogen (secondary N) is 1. The fourth-order valence-electron chi connectivity index (χ4n) is 1.74. The predicted molar refractivity (Wildman–Crippen MR) is 60.5 cm³/mol. The SMILES string of the molecule is COCCCCCNC(C)C1(C)CC1. The number of rotatable bonds is 8. The average Bonchev–Trinajstić information content (AvgIpc) is 2.91. The predicted octanol–water partition coefficient (Wildman–Crippen LogP) is 2.58. The molecule has 1 fully saturated rings. The molecule has 0 aromatic rings. The number of methoxy groups -OCH3 is 1. The summed E-state index contributed by atoms with van der Waals surface area (Å²) in [4.78, 5) is 0. The third kappa shape index (κ3) is 3.97. The first-order chi connectivity index (χ1) is 6.69. The summed E-state index contributed by atoms with van der Waals surface area (Å²) in [5.41, 5.74) is 0.618. The summed E-state index contributed by atoms with van der Waals surface area (Å²) in [7, 11) is 1.77. The molecule has 0 spiro atoms. The van der Waals surface area contributed by atoms with Gasteiger partial charge in [-0.05, 0) is 51.0 Å². The third-order valence-electron chi connectivity index (χ3n) is 3.56. The van der Waals surface area contributed by atoms with E-state index in [-0.39, 0.29) is 0 Å². The first-order valence-electron chi connectivity index (χ1n) is 5.91. The number of hydrogen-bond acceptors (Lipinski definition) is 2. The van der Waals surface area contributed by atoms with E-state index in [0.717, 1.165) is 6.61 Å². The van der Waals surface area contributed by atoms with Gasteiger partial charge in [0.1, 0.15) is 0 Å². The molecule has 0 aromatic carbocycles. The van der Waals surface area contributed by atoms with Gasteiger partial charge in [-0.1, -0.05) is 6.92 Å². The zero-order chi connectivity index (χ0) is 10.4. The van der Waals surface area contributed by atoms with Crippen molar-refractivity contribution in [2.24, 2.45) is 5.41 Å². The first-order valence-corrected chi connectivity index (χ1v) is 5.91. The van der Waals surface area contributed by atoms with Crippen LogP contribution in [-0.4, -0.2) is 26.3 Å². The first kappa shape index (κ1) is 12.0. The molecule has 1 aliphatic carbocycles. The Labute approximate surface area is 88.4 Å². The van der Waals surface area contributed by atoms with Crippen LogP contribution in [0.25, 0.3) is 0 Å². The highest BCUT2D eigenvalue weighted by Gasteiger charge is 2.41. The van der Waals surface area contributed by atoms with E-state index in [1.165, 1.54) is 38.6 Å². The topological polar surface area (TPSA) is 21.3 Å². The largest absolute Gasteiger partial charge is 0.385 e. The minimum Gasteiger partial charge on any atom is -0.385 e. The lowest BCUT2D eigenvalue weighted by Crippen LogP contribution is -2.33. The summed E-state index contributed by atoms with van der Waals surface area (Å²) < 4.78 is 5.01. The highest BCUT2D eigenvalue weighted by Crippen LogP contribution is 2.47. The van der Waals surface area contributed by atoms with Crippen molar-refractivity contribution in [2.45, 2.75) is 52.0 Å². The van der Waals surface area contributed by atoms with Gasteiger partial charge in [-0.3, -0.25) is 0 Å². The maximum atomic E-state index is 5.01. The molecule has 1 atom stereocenters. The van der Waals surface area contributed by atoms with E-state index in [0.29, 0.717) is 11.5 Å². The molecule has 2 heteroatoms. The highest BCUT2D eigenvalue weighted by molar-refractivity contribution is 4.96. The van der Waals surface area contributed by atoms with Crippen LogP contribution in [0.15, 0.2) is 0 Å². The van der Waals surface area contributed by atoms with Crippen LogP contribution in [-0.2, 0) is 4.74 Å². The van der Waals surface area contributed by atoms with Crippen molar-refractivity contribution < 1.29 is 4.74 Å². The average molecular weight is 199 g/mol. The van der Waals surface area contributed by atoms with Gasteiger partial charge in [-0.25, -0.2) is 0 Å². The van der Waals surface area contributed by atoms with Crippen molar-refractivity contribution in [2.75, 3.05) is 20.3 Å². The Morgan fingerprint density at radius 1 is 1.29 bits per heavy atom. The smallest absolute Gasteiger partial charge is 0.0462 e. The molecule has 14 heavy (non-hydrogen) atoms. The molecule has 0 aromatic heterocycles. The van der Waals surface area contributed by atoms with Gasteiger partial charge in [0, 0.05) is 19.8 Å². The molecular weight excluding hydrogens is 174 g/mol. The van der Waals surface area contributed by atoms with E-state index in [1.807, 2.05) is 0 Å². The van der Waals surface area contributed by atoms with Gasteiger partial charge >= 0.3 is 0 Å². The van der Waals surface area contributed by atoms with E-state index in [9.17, 15) is 0 Å². The summed E-state index contributed by atoms with van der Waals surface area (Å²) in [6.07, 6.45) is 6.58. The third-order valence-corrected chi connectivity index (χ3v) is 3.56. The van der Waals surface area contributed by atoms with Crippen LogP contribution in [0.2, 0.25) is 0 Å². The van der Waals surface area contributed by atoms with Gasteiger partial charge in [0.25, 0.3) is 0 Å². The Bertz CT molecular complexity index is 154. The lowest BCUT2D eigenvalue weighted by Gasteiger charge is -2.20. The van der Waals surface area contributed by atoms with Crippen LogP contribution < -0.4 is 5.32 Å². The fraction of sp³-hybridized carbons (Fsp3) is 1.00. The number of ether oxygens (including phenoxy) is 1. The van der Waals surface area contributed by atoms with Crippen LogP contribution >= 0.6 is 0 Å². The molecule has 0 amide bonds. The van der Waals surface area contributed by atoms with Crippen LogP contribution in [0.4, 0.5) is 0 Å². The molecule has 0 heterocycles. The number of hydrogen-bond donors (Lipinski definition) is 1. The second kappa shape index (κ2) is 5.72. The molecule has 1 unspecified atom stereocenters. The Balaban J connectivity index is 1.88. The van der Waals surface area contributed by atoms with Crippen molar-refractivity contribution >= 4 is 0 Å². The monoisotopic (exact) mass is 199 g/mol. The second-order valence-electron chi connectivity index (χ2n) is 4.88. The molecule has 84 valence electrons. The molecule has 0 bridgehead atoms. The van der Waals surface area contributed by atoms with E-state index >= 15 is 0 Å². The van der Waals surface area contributed by atoms with E-state index in [2.05, 4.69) is 19.2 Å². The summed E-state index contributed by atoms with van der Waals surface area (Å²) in [6, 6.07) is 0.699. The van der Waals surface area contributed by atoms with Gasteiger partial charge in [0.05, 0.1) is 0 Å². The van der Waals surface area contributed by atoms with Gasteiger partial charge in [0.15, 0.2) is 0 Å². The minimum absolute atomic E-state index is 0.618. The molecule has 0 saturated heterocycles. The van der Waals surface area contributed by atoms with E-state index < -0.39 is 0 Å². The molecule has 0 radical (unpaired) electrons. The summed E-state index contributed by atoms with van der Waals surface area (Å²) in [5.74, 6) is 0. The standard InChI is InChI=1S/C12H25NO/c1-11(12(2)7-8-12)13-9-5-4-6-10-14-3/h11,13H,4-10H2,1-3H3. The van der Waals surface area contributed by atoms with Crippen LogP contribution in [0, 0.1) is 5.41 Å². The lowest BCUT2D eigenvalue weighted by atomic mass is 10.0. The maximum absolute atomic E-state index is 5.01. The molecule has 2 nitrogen and oxygen atoms in total. The molecule has 1 saturated carbocycles. The van der Waals surface area contributed by atoms with E-state index in [1.54, 1.807) is 7.11 Å². The molecular formula is C12H25NO. The van der Waals surface area contributed by atoms with E-state index in [4.69, 9.17) is 4.74 Å². The van der Waals surface area contributed by atoms with Gasteiger partial charge in [-0.2, -0.15) is 0 Å². The molecule has 1 rings (SSSR count). The summed E-state index contributed by atoms with van der Waals surface area (Å²) in [5, 5.41) is 3.62. The van der Waals surface area contributed by atoms with Crippen molar-refractivity contribution in [3.05, 3.63) is 0 Å². The van der Waals surface area contributed by atoms with Crippen LogP contribution in [0.3, 0.4) is 0 Å². The molecule has 1 aliphatic rings. The Morgan fingerprint density at radius 2 is 2.00 bits per heavy atom. The quantitative estimate of drug-likeness (QED) is 0.607. The maximum Gasteiger partial charge on any atom is 0.0462 e. The highest BCUT2D eigenvalue weighted by atomic mass is 16.5. The Hall–Kier alpha value is -0.0800. The summed E-state index contributed by atoms with van der Waals surface area (Å²) in [6.45, 7) is 6.78. The lowest BCUT2D eigenvalue weighted by molar-refractivity contribution is 0.192. The normalized spacial score (nSPS) is 20.8. The zero-order valence-electron chi connectivity index (χ0n) is 9.94. The number of unbranched alkanes of at least 4 members (excludes halogenated alkanes) is 2. The van der Waals surface area contributed by atoms with Crippen molar-refractivity contribution in [1.29, 1.82) is 0 Å². The second-order valence-corrected chi connectivity index (χ2v) is 4.88. The fourth-order valence-corrected chi connectivity index (χ4v) is 1.74. The molecule has 0 aliphatic heterocycles. The van der Waals surface area contributed by atoms with Gasteiger partial charge in [0.2, 0.25) is 0 Å². The van der Waals surface area contributed by atoms with Crippen LogP contribution in [0.5, 0.6) is 0 Å². The van der Waals surface area contributed by atoms with Crippen molar-refractivity contribution in [3.63, 3.8) is 0 Å². The van der Waals surface area contributed by atoms with Crippen molar-refractivity contribution in [1.82, 2.24) is 5.32 Å². The molecule has 1 N–H and O–H groups in total. The van der Waals surface area contributed by atoms with Crippen LogP contribution in [0.1, 0.15) is 46.0 Å². The minimum atomic E-state index is 0.618. The van der Waals surface area contributed by atoms with Gasteiger partial charge in [-0.15, -0.1) is 0 Å². The van der Waals surface area contributed by atoms with Crippen molar-refractivity contribution in [3.8, 4) is 0 Å².